The number of rotatable bonds is 3. The normalized spacial score (nSPS) is 28.1. The van der Waals surface area contributed by atoms with Crippen molar-refractivity contribution in [1.82, 2.24) is 5.32 Å². The Balaban J connectivity index is 1.89. The van der Waals surface area contributed by atoms with Crippen LogP contribution < -0.4 is 11.1 Å². The highest BCUT2D eigenvalue weighted by Crippen LogP contribution is 2.62. The minimum absolute atomic E-state index is 0.229. The van der Waals surface area contributed by atoms with Crippen LogP contribution in [0.3, 0.4) is 0 Å². The lowest BCUT2D eigenvalue weighted by atomic mass is 10.0. The topological polar surface area (TPSA) is 55.1 Å². The Morgan fingerprint density at radius 3 is 2.60 bits per heavy atom. The van der Waals surface area contributed by atoms with Gasteiger partial charge in [-0.2, -0.15) is 0 Å². The molecule has 15 heavy (non-hydrogen) atoms. The SMILES string of the molecule is CC(C)(CN)NC(=O)C1CC12CCCC2. The van der Waals surface area contributed by atoms with Crippen molar-refractivity contribution in [2.45, 2.75) is 51.5 Å². The Morgan fingerprint density at radius 1 is 1.47 bits per heavy atom. The smallest absolute Gasteiger partial charge is 0.224 e. The van der Waals surface area contributed by atoms with E-state index in [2.05, 4.69) is 5.32 Å². The molecular formula is C12H22N2O. The first-order valence-electron chi connectivity index (χ1n) is 6.01. The number of carbonyl (C=O) groups excluding carboxylic acids is 1. The molecule has 1 spiro atoms. The Labute approximate surface area is 91.8 Å². The molecule has 0 saturated heterocycles. The van der Waals surface area contributed by atoms with Crippen LogP contribution >= 0.6 is 0 Å². The van der Waals surface area contributed by atoms with Gasteiger partial charge in [-0.15, -0.1) is 0 Å². The van der Waals surface area contributed by atoms with E-state index in [0.717, 1.165) is 6.42 Å². The van der Waals surface area contributed by atoms with Gasteiger partial charge in [0, 0.05) is 18.0 Å². The van der Waals surface area contributed by atoms with Crippen LogP contribution in [0.15, 0.2) is 0 Å². The lowest BCUT2D eigenvalue weighted by molar-refractivity contribution is -0.124. The number of nitrogens with one attached hydrogen (secondary N) is 1. The van der Waals surface area contributed by atoms with E-state index in [1.165, 1.54) is 25.7 Å². The van der Waals surface area contributed by atoms with Crippen LogP contribution in [0, 0.1) is 11.3 Å². The van der Waals surface area contributed by atoms with Gasteiger partial charge in [0.25, 0.3) is 0 Å². The van der Waals surface area contributed by atoms with Crippen LogP contribution in [0.5, 0.6) is 0 Å². The average molecular weight is 210 g/mol. The van der Waals surface area contributed by atoms with Crippen LogP contribution in [0.25, 0.3) is 0 Å². The van der Waals surface area contributed by atoms with E-state index in [1.807, 2.05) is 13.8 Å². The number of carbonyl (C=O) groups is 1. The molecule has 86 valence electrons. The lowest BCUT2D eigenvalue weighted by Crippen LogP contribution is -2.49. The van der Waals surface area contributed by atoms with Gasteiger partial charge in [-0.25, -0.2) is 0 Å². The van der Waals surface area contributed by atoms with E-state index in [9.17, 15) is 4.79 Å². The lowest BCUT2D eigenvalue weighted by Gasteiger charge is -2.24. The first-order chi connectivity index (χ1) is 6.99. The van der Waals surface area contributed by atoms with Gasteiger partial charge in [-0.05, 0) is 38.5 Å². The van der Waals surface area contributed by atoms with Crippen LogP contribution in [0.1, 0.15) is 46.0 Å². The standard InChI is InChI=1S/C12H22N2O/c1-11(2,8-13)14-10(15)9-7-12(9)5-3-4-6-12/h9H,3-8,13H2,1-2H3,(H,14,15). The Kier molecular flexibility index (Phi) is 2.53. The van der Waals surface area contributed by atoms with E-state index >= 15 is 0 Å². The quantitative estimate of drug-likeness (QED) is 0.740. The summed E-state index contributed by atoms with van der Waals surface area (Å²) >= 11 is 0. The molecule has 0 heterocycles. The summed E-state index contributed by atoms with van der Waals surface area (Å²) in [5, 5.41) is 3.06. The Hall–Kier alpha value is -0.570. The van der Waals surface area contributed by atoms with Crippen molar-refractivity contribution in [2.24, 2.45) is 17.1 Å². The fourth-order valence-electron chi connectivity index (χ4n) is 2.82. The number of amides is 1. The van der Waals surface area contributed by atoms with Gasteiger partial charge in [0.2, 0.25) is 5.91 Å². The molecule has 0 aromatic heterocycles. The molecule has 2 fully saturated rings. The van der Waals surface area contributed by atoms with Crippen LogP contribution in [0.2, 0.25) is 0 Å². The third kappa shape index (κ3) is 2.03. The number of hydrogen-bond donors (Lipinski definition) is 2. The average Bonchev–Trinajstić information content (AvgIpc) is 2.65. The first-order valence-corrected chi connectivity index (χ1v) is 6.01. The maximum absolute atomic E-state index is 12.0. The van der Waals surface area contributed by atoms with Crippen molar-refractivity contribution in [2.75, 3.05) is 6.54 Å². The van der Waals surface area contributed by atoms with Gasteiger partial charge >= 0.3 is 0 Å². The molecule has 0 radical (unpaired) electrons. The van der Waals surface area contributed by atoms with Crippen LogP contribution in [-0.2, 0) is 4.79 Å². The van der Waals surface area contributed by atoms with Crippen molar-refractivity contribution in [3.63, 3.8) is 0 Å². The molecule has 0 bridgehead atoms. The summed E-state index contributed by atoms with van der Waals surface area (Å²) in [6, 6.07) is 0. The molecule has 2 saturated carbocycles. The highest BCUT2D eigenvalue weighted by atomic mass is 16.2. The minimum atomic E-state index is -0.251. The molecule has 2 aliphatic carbocycles. The van der Waals surface area contributed by atoms with Crippen molar-refractivity contribution in [1.29, 1.82) is 0 Å². The van der Waals surface area contributed by atoms with Gasteiger partial charge < -0.3 is 11.1 Å². The summed E-state index contributed by atoms with van der Waals surface area (Å²) in [7, 11) is 0. The highest BCUT2D eigenvalue weighted by molar-refractivity contribution is 5.83. The van der Waals surface area contributed by atoms with Crippen LogP contribution in [0.4, 0.5) is 0 Å². The third-order valence-electron chi connectivity index (χ3n) is 4.08. The first kappa shape index (κ1) is 10.9. The number of hydrogen-bond acceptors (Lipinski definition) is 2. The van der Waals surface area contributed by atoms with Gasteiger partial charge in [-0.1, -0.05) is 12.8 Å². The van der Waals surface area contributed by atoms with Crippen molar-refractivity contribution in [3.8, 4) is 0 Å². The Bertz CT molecular complexity index is 267. The van der Waals surface area contributed by atoms with E-state index in [1.54, 1.807) is 0 Å². The van der Waals surface area contributed by atoms with E-state index < -0.39 is 0 Å². The summed E-state index contributed by atoms with van der Waals surface area (Å²) < 4.78 is 0. The predicted octanol–water partition coefficient (Wildman–Crippen LogP) is 1.42. The zero-order chi connectivity index (χ0) is 11.1. The van der Waals surface area contributed by atoms with Crippen LogP contribution in [-0.4, -0.2) is 18.0 Å². The zero-order valence-corrected chi connectivity index (χ0v) is 9.81. The molecule has 2 aliphatic rings. The molecule has 0 aliphatic heterocycles. The van der Waals surface area contributed by atoms with E-state index in [0.29, 0.717) is 12.0 Å². The summed E-state index contributed by atoms with van der Waals surface area (Å²) in [6.07, 6.45) is 6.25. The predicted molar refractivity (Wildman–Crippen MR) is 60.3 cm³/mol. The molecule has 1 unspecified atom stereocenters. The maximum Gasteiger partial charge on any atom is 0.224 e. The van der Waals surface area contributed by atoms with E-state index in [4.69, 9.17) is 5.73 Å². The van der Waals surface area contributed by atoms with E-state index in [-0.39, 0.29) is 17.4 Å². The molecular weight excluding hydrogens is 188 g/mol. The summed E-state index contributed by atoms with van der Waals surface area (Å²) in [5.41, 5.74) is 5.75. The molecule has 2 rings (SSSR count). The molecule has 0 aromatic rings. The van der Waals surface area contributed by atoms with Gasteiger partial charge in [0.1, 0.15) is 0 Å². The Morgan fingerprint density at radius 2 is 2.07 bits per heavy atom. The molecule has 3 nitrogen and oxygen atoms in total. The second-order valence-corrected chi connectivity index (χ2v) is 5.90. The molecule has 1 amide bonds. The second kappa shape index (κ2) is 3.48. The fraction of sp³-hybridized carbons (Fsp3) is 0.917. The summed E-state index contributed by atoms with van der Waals surface area (Å²) in [5.74, 6) is 0.512. The van der Waals surface area contributed by atoms with Crippen molar-refractivity contribution >= 4 is 5.91 Å². The fourth-order valence-corrected chi connectivity index (χ4v) is 2.82. The summed E-state index contributed by atoms with van der Waals surface area (Å²) in [6.45, 7) is 4.46. The third-order valence-corrected chi connectivity index (χ3v) is 4.08. The van der Waals surface area contributed by atoms with Crippen molar-refractivity contribution in [3.05, 3.63) is 0 Å². The molecule has 3 heteroatoms. The zero-order valence-electron chi connectivity index (χ0n) is 9.81. The number of nitrogens with two attached hydrogens (primary N) is 1. The minimum Gasteiger partial charge on any atom is -0.350 e. The monoisotopic (exact) mass is 210 g/mol. The van der Waals surface area contributed by atoms with Gasteiger partial charge in [0.05, 0.1) is 0 Å². The molecule has 0 aromatic carbocycles. The largest absolute Gasteiger partial charge is 0.350 e. The summed E-state index contributed by atoms with van der Waals surface area (Å²) in [4.78, 5) is 12.0. The van der Waals surface area contributed by atoms with Gasteiger partial charge in [-0.3, -0.25) is 4.79 Å². The van der Waals surface area contributed by atoms with Crippen molar-refractivity contribution < 1.29 is 4.79 Å². The maximum atomic E-state index is 12.0. The molecule has 3 N–H and O–H groups in total. The second-order valence-electron chi connectivity index (χ2n) is 5.90. The molecule has 1 atom stereocenters. The van der Waals surface area contributed by atoms with Gasteiger partial charge in [0.15, 0.2) is 0 Å². The highest BCUT2D eigenvalue weighted by Gasteiger charge is 2.58.